The Morgan fingerprint density at radius 1 is 1.20 bits per heavy atom. The third kappa shape index (κ3) is 2.14. The van der Waals surface area contributed by atoms with Gasteiger partial charge in [0.15, 0.2) is 0 Å². The number of rotatable bonds is 3. The first-order valence-corrected chi connectivity index (χ1v) is 6.46. The molecule has 0 aliphatic rings. The second-order valence-corrected chi connectivity index (χ2v) is 4.37. The summed E-state index contributed by atoms with van der Waals surface area (Å²) in [6.45, 7) is 2.60. The molecule has 100 valence electrons. The third-order valence-electron chi connectivity index (χ3n) is 3.13. The quantitative estimate of drug-likeness (QED) is 0.793. The van der Waals surface area contributed by atoms with Crippen LogP contribution in [0.25, 0.3) is 10.9 Å². The number of aryl methyl sites for hydroxylation is 1. The van der Waals surface area contributed by atoms with Crippen molar-refractivity contribution >= 4 is 22.5 Å². The summed E-state index contributed by atoms with van der Waals surface area (Å²) in [7, 11) is 0. The van der Waals surface area contributed by atoms with Crippen molar-refractivity contribution in [2.24, 2.45) is 0 Å². The zero-order chi connectivity index (χ0) is 13.9. The Morgan fingerprint density at radius 3 is 2.90 bits per heavy atom. The van der Waals surface area contributed by atoms with Crippen LogP contribution in [0.1, 0.15) is 17.4 Å². The Hall–Kier alpha value is -2.69. The summed E-state index contributed by atoms with van der Waals surface area (Å²) in [4.78, 5) is 16.6. The van der Waals surface area contributed by atoms with Crippen LogP contribution in [0.15, 0.2) is 48.8 Å². The highest BCUT2D eigenvalue weighted by Crippen LogP contribution is 2.21. The lowest BCUT2D eigenvalue weighted by Gasteiger charge is -2.08. The van der Waals surface area contributed by atoms with Gasteiger partial charge in [-0.2, -0.15) is 5.10 Å². The molecule has 0 unspecified atom stereocenters. The number of nitrogens with zero attached hydrogens (tertiary/aromatic N) is 3. The fourth-order valence-corrected chi connectivity index (χ4v) is 2.17. The SMILES string of the molecule is CCn1nccc1C(=O)Nc1cccc2cccnc12. The van der Waals surface area contributed by atoms with Crippen molar-refractivity contribution in [3.8, 4) is 0 Å². The topological polar surface area (TPSA) is 59.8 Å². The van der Waals surface area contributed by atoms with E-state index in [1.165, 1.54) is 0 Å². The molecule has 1 aromatic carbocycles. The van der Waals surface area contributed by atoms with Gasteiger partial charge in [-0.15, -0.1) is 0 Å². The van der Waals surface area contributed by atoms with E-state index in [0.29, 0.717) is 17.9 Å². The second-order valence-electron chi connectivity index (χ2n) is 4.37. The number of hydrogen-bond acceptors (Lipinski definition) is 3. The molecule has 0 aliphatic heterocycles. The number of amides is 1. The smallest absolute Gasteiger partial charge is 0.273 e. The number of para-hydroxylation sites is 1. The van der Waals surface area contributed by atoms with Gasteiger partial charge in [-0.25, -0.2) is 0 Å². The zero-order valence-corrected chi connectivity index (χ0v) is 11.1. The molecule has 1 N–H and O–H groups in total. The fourth-order valence-electron chi connectivity index (χ4n) is 2.17. The summed E-state index contributed by atoms with van der Waals surface area (Å²) in [5, 5.41) is 7.99. The van der Waals surface area contributed by atoms with Gasteiger partial charge < -0.3 is 5.32 Å². The molecule has 3 aromatic rings. The Kier molecular flexibility index (Phi) is 3.16. The first-order valence-electron chi connectivity index (χ1n) is 6.46. The number of pyridine rings is 1. The molecule has 1 amide bonds. The highest BCUT2D eigenvalue weighted by molar-refractivity contribution is 6.07. The van der Waals surface area contributed by atoms with Crippen molar-refractivity contribution in [1.29, 1.82) is 0 Å². The molecule has 20 heavy (non-hydrogen) atoms. The van der Waals surface area contributed by atoms with Gasteiger partial charge in [-0.3, -0.25) is 14.5 Å². The summed E-state index contributed by atoms with van der Waals surface area (Å²) in [6, 6.07) is 11.3. The van der Waals surface area contributed by atoms with E-state index >= 15 is 0 Å². The van der Waals surface area contributed by atoms with Gasteiger partial charge in [-0.05, 0) is 25.1 Å². The Labute approximate surface area is 116 Å². The molecular formula is C15H14N4O. The van der Waals surface area contributed by atoms with Crippen LogP contribution in [0.4, 0.5) is 5.69 Å². The van der Waals surface area contributed by atoms with Crippen LogP contribution in [0, 0.1) is 0 Å². The molecular weight excluding hydrogens is 252 g/mol. The number of carbonyl (C=O) groups is 1. The van der Waals surface area contributed by atoms with Crippen molar-refractivity contribution in [1.82, 2.24) is 14.8 Å². The van der Waals surface area contributed by atoms with Gasteiger partial charge in [-0.1, -0.05) is 18.2 Å². The first-order chi connectivity index (χ1) is 9.79. The Morgan fingerprint density at radius 2 is 2.05 bits per heavy atom. The van der Waals surface area contributed by atoms with Crippen LogP contribution < -0.4 is 5.32 Å². The number of benzene rings is 1. The van der Waals surface area contributed by atoms with Crippen molar-refractivity contribution in [2.45, 2.75) is 13.5 Å². The number of anilines is 1. The van der Waals surface area contributed by atoms with Crippen LogP contribution in [0.5, 0.6) is 0 Å². The minimum absolute atomic E-state index is 0.178. The van der Waals surface area contributed by atoms with Crippen LogP contribution >= 0.6 is 0 Å². The average molecular weight is 266 g/mol. The molecule has 5 nitrogen and oxygen atoms in total. The molecule has 0 fully saturated rings. The van der Waals surface area contributed by atoms with Crippen LogP contribution in [0.3, 0.4) is 0 Å². The molecule has 0 aliphatic carbocycles. The molecule has 0 radical (unpaired) electrons. The van der Waals surface area contributed by atoms with Crippen molar-refractivity contribution in [2.75, 3.05) is 5.32 Å². The standard InChI is InChI=1S/C15H14N4O/c1-2-19-13(8-10-17-19)15(20)18-12-7-3-5-11-6-4-9-16-14(11)12/h3-10H,2H2,1H3,(H,18,20). The summed E-state index contributed by atoms with van der Waals surface area (Å²) in [5.41, 5.74) is 2.03. The van der Waals surface area contributed by atoms with Gasteiger partial charge in [0.2, 0.25) is 0 Å². The molecule has 0 spiro atoms. The number of aromatic nitrogens is 3. The van der Waals surface area contributed by atoms with Crippen molar-refractivity contribution in [3.05, 3.63) is 54.5 Å². The van der Waals surface area contributed by atoms with E-state index in [-0.39, 0.29) is 5.91 Å². The predicted molar refractivity (Wildman–Crippen MR) is 77.6 cm³/mol. The monoisotopic (exact) mass is 266 g/mol. The number of fused-ring (bicyclic) bond motifs is 1. The van der Waals surface area contributed by atoms with E-state index in [1.54, 1.807) is 23.1 Å². The molecule has 3 rings (SSSR count). The summed E-state index contributed by atoms with van der Waals surface area (Å²) < 4.78 is 1.66. The average Bonchev–Trinajstić information content (AvgIpc) is 2.96. The van der Waals surface area contributed by atoms with Crippen molar-refractivity contribution < 1.29 is 4.79 Å². The molecule has 0 saturated carbocycles. The van der Waals surface area contributed by atoms with E-state index in [4.69, 9.17) is 0 Å². The van der Waals surface area contributed by atoms with Crippen LogP contribution in [-0.2, 0) is 6.54 Å². The molecule has 0 bridgehead atoms. The van der Waals surface area contributed by atoms with Crippen molar-refractivity contribution in [3.63, 3.8) is 0 Å². The minimum atomic E-state index is -0.178. The molecule has 0 atom stereocenters. The minimum Gasteiger partial charge on any atom is -0.319 e. The van der Waals surface area contributed by atoms with E-state index in [1.807, 2.05) is 37.3 Å². The number of carbonyl (C=O) groups excluding carboxylic acids is 1. The highest BCUT2D eigenvalue weighted by atomic mass is 16.2. The normalized spacial score (nSPS) is 10.7. The maximum absolute atomic E-state index is 12.3. The van der Waals surface area contributed by atoms with Gasteiger partial charge in [0.1, 0.15) is 5.69 Å². The van der Waals surface area contributed by atoms with E-state index in [9.17, 15) is 4.79 Å². The molecule has 2 heterocycles. The molecule has 0 saturated heterocycles. The zero-order valence-electron chi connectivity index (χ0n) is 11.1. The van der Waals surface area contributed by atoms with Gasteiger partial charge in [0.25, 0.3) is 5.91 Å². The van der Waals surface area contributed by atoms with Gasteiger partial charge in [0, 0.05) is 24.3 Å². The number of hydrogen-bond donors (Lipinski definition) is 1. The lowest BCUT2D eigenvalue weighted by molar-refractivity contribution is 0.101. The lowest BCUT2D eigenvalue weighted by Crippen LogP contribution is -2.17. The Bertz CT molecular complexity index is 758. The van der Waals surface area contributed by atoms with Gasteiger partial charge in [0.05, 0.1) is 11.2 Å². The summed E-state index contributed by atoms with van der Waals surface area (Å²) in [6.07, 6.45) is 3.34. The predicted octanol–water partition coefficient (Wildman–Crippen LogP) is 2.70. The largest absolute Gasteiger partial charge is 0.319 e. The highest BCUT2D eigenvalue weighted by Gasteiger charge is 2.12. The molecule has 2 aromatic heterocycles. The second kappa shape index (κ2) is 5.13. The van der Waals surface area contributed by atoms with E-state index in [0.717, 1.165) is 10.9 Å². The fraction of sp³-hybridized carbons (Fsp3) is 0.133. The lowest BCUT2D eigenvalue weighted by atomic mass is 10.2. The van der Waals surface area contributed by atoms with Crippen LogP contribution in [0.2, 0.25) is 0 Å². The maximum Gasteiger partial charge on any atom is 0.273 e. The molecule has 5 heteroatoms. The Balaban J connectivity index is 1.96. The van der Waals surface area contributed by atoms with E-state index < -0.39 is 0 Å². The van der Waals surface area contributed by atoms with Crippen LogP contribution in [-0.4, -0.2) is 20.7 Å². The first kappa shape index (κ1) is 12.3. The summed E-state index contributed by atoms with van der Waals surface area (Å²) in [5.74, 6) is -0.178. The third-order valence-corrected chi connectivity index (χ3v) is 3.13. The van der Waals surface area contributed by atoms with Gasteiger partial charge >= 0.3 is 0 Å². The maximum atomic E-state index is 12.3. The van der Waals surface area contributed by atoms with E-state index in [2.05, 4.69) is 15.4 Å². The summed E-state index contributed by atoms with van der Waals surface area (Å²) >= 11 is 0. The number of nitrogens with one attached hydrogen (secondary N) is 1.